The molecule has 1 N–H and O–H groups in total. The molecule has 0 spiro atoms. The average molecular weight is 480 g/mol. The van der Waals surface area contributed by atoms with Crippen LogP contribution in [0.5, 0.6) is 0 Å². The highest BCUT2D eigenvalue weighted by Gasteiger charge is 2.26. The Kier molecular flexibility index (Phi) is 9.53. The van der Waals surface area contributed by atoms with Crippen molar-refractivity contribution in [1.29, 1.82) is 0 Å². The van der Waals surface area contributed by atoms with Crippen molar-refractivity contribution in [2.24, 2.45) is 0 Å². The minimum atomic E-state index is -3.55. The molecular formula is C23H30ClN3O4S. The number of hydrogen-bond acceptors (Lipinski definition) is 4. The second-order valence-electron chi connectivity index (χ2n) is 7.50. The van der Waals surface area contributed by atoms with Crippen molar-refractivity contribution in [3.63, 3.8) is 0 Å². The Bertz CT molecular complexity index is 1010. The van der Waals surface area contributed by atoms with Crippen LogP contribution in [-0.4, -0.2) is 50.5 Å². The summed E-state index contributed by atoms with van der Waals surface area (Å²) >= 11 is 6.01. The summed E-state index contributed by atoms with van der Waals surface area (Å²) in [4.78, 5) is 27.0. The van der Waals surface area contributed by atoms with E-state index in [1.165, 1.54) is 9.21 Å². The standard InChI is InChI=1S/C23H30ClN3O4S/c1-4-25-23(29)18(2)26(17-19-10-6-5-7-11-19)22(28)14-9-15-27(32(3,30)31)21-13-8-12-20(24)16-21/h5-8,10-13,16,18H,4,9,14-15,17H2,1-3H3,(H,25,29)/t18-/m0/s1. The third-order valence-corrected chi connectivity index (χ3v) is 6.39. The largest absolute Gasteiger partial charge is 0.355 e. The van der Waals surface area contributed by atoms with Crippen molar-refractivity contribution in [1.82, 2.24) is 10.2 Å². The van der Waals surface area contributed by atoms with Crippen LogP contribution in [-0.2, 0) is 26.2 Å². The van der Waals surface area contributed by atoms with Crippen molar-refractivity contribution in [2.45, 2.75) is 39.3 Å². The molecule has 0 saturated carbocycles. The molecule has 0 aliphatic rings. The van der Waals surface area contributed by atoms with Crippen LogP contribution in [0.25, 0.3) is 0 Å². The van der Waals surface area contributed by atoms with E-state index in [1.54, 1.807) is 31.2 Å². The van der Waals surface area contributed by atoms with Gasteiger partial charge in [-0.3, -0.25) is 13.9 Å². The lowest BCUT2D eigenvalue weighted by molar-refractivity contribution is -0.140. The summed E-state index contributed by atoms with van der Waals surface area (Å²) in [6, 6.07) is 15.4. The van der Waals surface area contributed by atoms with Crippen LogP contribution in [0.15, 0.2) is 54.6 Å². The van der Waals surface area contributed by atoms with Gasteiger partial charge in [-0.15, -0.1) is 0 Å². The average Bonchev–Trinajstić information content (AvgIpc) is 2.74. The van der Waals surface area contributed by atoms with Gasteiger partial charge >= 0.3 is 0 Å². The van der Waals surface area contributed by atoms with Gasteiger partial charge in [0, 0.05) is 31.1 Å². The highest BCUT2D eigenvalue weighted by atomic mass is 35.5. The zero-order valence-corrected chi connectivity index (χ0v) is 20.2. The summed E-state index contributed by atoms with van der Waals surface area (Å²) in [6.07, 6.45) is 1.52. The maximum Gasteiger partial charge on any atom is 0.242 e. The third-order valence-electron chi connectivity index (χ3n) is 4.96. The smallest absolute Gasteiger partial charge is 0.242 e. The second-order valence-corrected chi connectivity index (χ2v) is 9.84. The molecule has 0 bridgehead atoms. The molecule has 32 heavy (non-hydrogen) atoms. The number of rotatable bonds is 11. The van der Waals surface area contributed by atoms with E-state index in [1.807, 2.05) is 37.3 Å². The van der Waals surface area contributed by atoms with Crippen LogP contribution < -0.4 is 9.62 Å². The SMILES string of the molecule is CCNC(=O)[C@H](C)N(Cc1ccccc1)C(=O)CCCN(c1cccc(Cl)c1)S(C)(=O)=O. The molecule has 174 valence electrons. The molecule has 0 aliphatic heterocycles. The Morgan fingerprint density at radius 2 is 1.78 bits per heavy atom. The van der Waals surface area contributed by atoms with E-state index in [9.17, 15) is 18.0 Å². The fraction of sp³-hybridized carbons (Fsp3) is 0.391. The first-order valence-electron chi connectivity index (χ1n) is 10.5. The van der Waals surface area contributed by atoms with Crippen molar-refractivity contribution in [3.05, 3.63) is 65.2 Å². The lowest BCUT2D eigenvalue weighted by atomic mass is 10.1. The number of benzene rings is 2. The molecule has 0 saturated heterocycles. The predicted octanol–water partition coefficient (Wildman–Crippen LogP) is 3.44. The van der Waals surface area contributed by atoms with Crippen molar-refractivity contribution >= 4 is 39.1 Å². The molecule has 0 aromatic heterocycles. The van der Waals surface area contributed by atoms with E-state index < -0.39 is 16.1 Å². The van der Waals surface area contributed by atoms with Crippen molar-refractivity contribution < 1.29 is 18.0 Å². The lowest BCUT2D eigenvalue weighted by Crippen LogP contribution is -2.47. The van der Waals surface area contributed by atoms with Crippen molar-refractivity contribution in [3.8, 4) is 0 Å². The number of sulfonamides is 1. The van der Waals surface area contributed by atoms with Crippen molar-refractivity contribution in [2.75, 3.05) is 23.7 Å². The molecule has 0 unspecified atom stereocenters. The number of hydrogen-bond donors (Lipinski definition) is 1. The zero-order valence-electron chi connectivity index (χ0n) is 18.6. The quantitative estimate of drug-likeness (QED) is 0.534. The Labute approximate surface area is 195 Å². The summed E-state index contributed by atoms with van der Waals surface area (Å²) < 4.78 is 25.8. The first-order valence-corrected chi connectivity index (χ1v) is 12.7. The van der Waals surface area contributed by atoms with Crippen LogP contribution in [0.1, 0.15) is 32.3 Å². The van der Waals surface area contributed by atoms with E-state index in [4.69, 9.17) is 11.6 Å². The second kappa shape index (κ2) is 11.9. The number of anilines is 1. The van der Waals surface area contributed by atoms with Gasteiger partial charge < -0.3 is 10.2 Å². The van der Waals surface area contributed by atoms with Crippen LogP contribution in [0.2, 0.25) is 5.02 Å². The molecule has 0 aliphatic carbocycles. The van der Waals surface area contributed by atoms with Gasteiger partial charge in [0.1, 0.15) is 6.04 Å². The van der Waals surface area contributed by atoms with E-state index in [2.05, 4.69) is 5.32 Å². The van der Waals surface area contributed by atoms with Gasteiger partial charge in [0.15, 0.2) is 0 Å². The van der Waals surface area contributed by atoms with Gasteiger partial charge in [0.25, 0.3) is 0 Å². The monoisotopic (exact) mass is 479 g/mol. The lowest BCUT2D eigenvalue weighted by Gasteiger charge is -2.29. The number of nitrogens with zero attached hydrogens (tertiary/aromatic N) is 2. The number of halogens is 1. The Morgan fingerprint density at radius 1 is 1.09 bits per heavy atom. The predicted molar refractivity (Wildman–Crippen MR) is 128 cm³/mol. The summed E-state index contributed by atoms with van der Waals surface area (Å²) in [5, 5.41) is 3.18. The third kappa shape index (κ3) is 7.53. The molecular weight excluding hydrogens is 450 g/mol. The van der Waals surface area contributed by atoms with E-state index >= 15 is 0 Å². The van der Waals surface area contributed by atoms with Gasteiger partial charge in [-0.05, 0) is 44.0 Å². The number of likely N-dealkylation sites (N-methyl/N-ethyl adjacent to an activating group) is 1. The molecule has 2 rings (SSSR count). The van der Waals surface area contributed by atoms with Crippen LogP contribution in [0, 0.1) is 0 Å². The highest BCUT2D eigenvalue weighted by Crippen LogP contribution is 2.22. The van der Waals surface area contributed by atoms with Gasteiger partial charge in [0.2, 0.25) is 21.8 Å². The van der Waals surface area contributed by atoms with Gasteiger partial charge in [0.05, 0.1) is 11.9 Å². The Balaban J connectivity index is 2.12. The Morgan fingerprint density at radius 3 is 2.38 bits per heavy atom. The minimum absolute atomic E-state index is 0.100. The summed E-state index contributed by atoms with van der Waals surface area (Å²) in [7, 11) is -3.55. The highest BCUT2D eigenvalue weighted by molar-refractivity contribution is 7.92. The number of nitrogens with one attached hydrogen (secondary N) is 1. The maximum absolute atomic E-state index is 13.1. The van der Waals surface area contributed by atoms with E-state index in [-0.39, 0.29) is 24.8 Å². The van der Waals surface area contributed by atoms with Gasteiger partial charge in [-0.1, -0.05) is 48.0 Å². The normalized spacial score (nSPS) is 12.1. The van der Waals surface area contributed by atoms with Gasteiger partial charge in [-0.25, -0.2) is 8.42 Å². The summed E-state index contributed by atoms with van der Waals surface area (Å²) in [6.45, 7) is 4.41. The molecule has 0 heterocycles. The summed E-state index contributed by atoms with van der Waals surface area (Å²) in [5.41, 5.74) is 1.36. The number of amides is 2. The molecule has 7 nitrogen and oxygen atoms in total. The van der Waals surface area contributed by atoms with Crippen LogP contribution >= 0.6 is 11.6 Å². The fourth-order valence-corrected chi connectivity index (χ4v) is 4.46. The molecule has 0 fully saturated rings. The number of carbonyl (C=O) groups excluding carboxylic acids is 2. The first kappa shape index (κ1) is 25.7. The first-order chi connectivity index (χ1) is 15.1. The molecule has 0 radical (unpaired) electrons. The molecule has 9 heteroatoms. The Hall–Kier alpha value is -2.58. The topological polar surface area (TPSA) is 86.8 Å². The maximum atomic E-state index is 13.1. The van der Waals surface area contributed by atoms with Gasteiger partial charge in [-0.2, -0.15) is 0 Å². The molecule has 2 aromatic carbocycles. The molecule has 1 atom stereocenters. The minimum Gasteiger partial charge on any atom is -0.355 e. The summed E-state index contributed by atoms with van der Waals surface area (Å²) in [5.74, 6) is -0.444. The molecule has 2 amide bonds. The number of carbonyl (C=O) groups is 2. The van der Waals surface area contributed by atoms with Crippen LogP contribution in [0.3, 0.4) is 0 Å². The molecule has 2 aromatic rings. The van der Waals surface area contributed by atoms with Crippen LogP contribution in [0.4, 0.5) is 5.69 Å². The van der Waals surface area contributed by atoms with E-state index in [0.29, 0.717) is 30.2 Å². The fourth-order valence-electron chi connectivity index (χ4n) is 3.32. The van der Waals surface area contributed by atoms with E-state index in [0.717, 1.165) is 11.8 Å². The zero-order chi connectivity index (χ0) is 23.7.